The van der Waals surface area contributed by atoms with E-state index in [1.54, 1.807) is 6.92 Å². The fourth-order valence-corrected chi connectivity index (χ4v) is 5.20. The molecule has 14 nitrogen and oxygen atoms in total. The molecule has 1 aromatic rings. The number of hydrogen-bond acceptors (Lipinski definition) is 11. The van der Waals surface area contributed by atoms with E-state index in [2.05, 4.69) is 15.5 Å². The van der Waals surface area contributed by atoms with Gasteiger partial charge >= 0.3 is 17.9 Å². The van der Waals surface area contributed by atoms with Gasteiger partial charge in [0.25, 0.3) is 11.8 Å². The number of nitrogens with one attached hydrogen (secondary N) is 1. The number of carbonyl (C=O) groups is 5. The Kier molecular flexibility index (Phi) is 7.41. The first kappa shape index (κ1) is 25.0. The number of amides is 2. The molecule has 0 saturated carbocycles. The van der Waals surface area contributed by atoms with E-state index in [0.717, 1.165) is 16.2 Å². The van der Waals surface area contributed by atoms with Crippen LogP contribution >= 0.6 is 23.1 Å². The monoisotopic (exact) mass is 513 g/mol. The van der Waals surface area contributed by atoms with E-state index in [0.29, 0.717) is 17.7 Å². The molecule has 1 fully saturated rings. The summed E-state index contributed by atoms with van der Waals surface area (Å²) < 4.78 is 0. The maximum absolute atomic E-state index is 12.9. The van der Waals surface area contributed by atoms with Crippen LogP contribution in [0.4, 0.5) is 5.13 Å². The van der Waals surface area contributed by atoms with Crippen LogP contribution in [0.5, 0.6) is 0 Å². The number of nitrogens with two attached hydrogens (primary N) is 1. The first-order valence-corrected chi connectivity index (χ1v) is 11.6. The number of thiazole rings is 1. The molecular weight excluding hydrogens is 494 g/mol. The number of carboxylic acid groups (broad SMARTS) is 3. The molecule has 2 amide bonds. The van der Waals surface area contributed by atoms with Crippen molar-refractivity contribution in [2.45, 2.75) is 37.3 Å². The number of carboxylic acids is 3. The number of oxime groups is 1. The molecule has 0 aliphatic carbocycles. The number of aliphatic carboxylic acids is 3. The maximum Gasteiger partial charge on any atom is 0.352 e. The minimum absolute atomic E-state index is 0.0629. The summed E-state index contributed by atoms with van der Waals surface area (Å²) in [6, 6.07) is -1.08. The van der Waals surface area contributed by atoms with Gasteiger partial charge in [0.2, 0.25) is 6.10 Å². The van der Waals surface area contributed by atoms with Crippen LogP contribution in [0.1, 0.15) is 25.5 Å². The summed E-state index contributed by atoms with van der Waals surface area (Å²) in [7, 11) is 0. The fourth-order valence-electron chi connectivity index (χ4n) is 3.21. The van der Waals surface area contributed by atoms with E-state index < -0.39 is 59.4 Å². The predicted molar refractivity (Wildman–Crippen MR) is 118 cm³/mol. The van der Waals surface area contributed by atoms with Crippen molar-refractivity contribution in [3.63, 3.8) is 0 Å². The molecular formula is C18H19N5O9S2. The lowest BCUT2D eigenvalue weighted by Crippen LogP contribution is -2.71. The van der Waals surface area contributed by atoms with Crippen LogP contribution in [0.2, 0.25) is 0 Å². The van der Waals surface area contributed by atoms with Gasteiger partial charge in [-0.3, -0.25) is 19.3 Å². The van der Waals surface area contributed by atoms with E-state index in [9.17, 15) is 29.1 Å². The topological polar surface area (TPSA) is 222 Å². The molecule has 0 unspecified atom stereocenters. The number of rotatable bonds is 10. The Bertz CT molecular complexity index is 1120. The van der Waals surface area contributed by atoms with Crippen LogP contribution in [0.25, 0.3) is 0 Å². The van der Waals surface area contributed by atoms with Gasteiger partial charge in [0.15, 0.2) is 10.8 Å². The molecule has 1 aromatic heterocycles. The van der Waals surface area contributed by atoms with Gasteiger partial charge in [-0.1, -0.05) is 12.1 Å². The molecule has 3 rings (SSSR count). The van der Waals surface area contributed by atoms with Crippen molar-refractivity contribution in [1.82, 2.24) is 15.2 Å². The number of aromatic nitrogens is 1. The van der Waals surface area contributed by atoms with Crippen molar-refractivity contribution in [2.24, 2.45) is 5.16 Å². The van der Waals surface area contributed by atoms with Gasteiger partial charge in [0, 0.05) is 11.1 Å². The lowest BCUT2D eigenvalue weighted by atomic mass is 10.0. The summed E-state index contributed by atoms with van der Waals surface area (Å²) >= 11 is 2.24. The highest BCUT2D eigenvalue weighted by atomic mass is 32.2. The molecule has 1 saturated heterocycles. The summed E-state index contributed by atoms with van der Waals surface area (Å²) in [5.41, 5.74) is 5.46. The molecule has 3 atom stereocenters. The molecule has 34 heavy (non-hydrogen) atoms. The van der Waals surface area contributed by atoms with Gasteiger partial charge in [-0.25, -0.2) is 14.6 Å². The van der Waals surface area contributed by atoms with Crippen molar-refractivity contribution < 1.29 is 44.1 Å². The Labute approximate surface area is 199 Å². The van der Waals surface area contributed by atoms with Crippen molar-refractivity contribution >= 4 is 63.7 Å². The highest BCUT2D eigenvalue weighted by molar-refractivity contribution is 8.00. The number of β-lactam (4-membered cyclic amide) rings is 1. The molecule has 2 aliphatic rings. The van der Waals surface area contributed by atoms with Crippen molar-refractivity contribution in [2.75, 3.05) is 11.5 Å². The zero-order chi connectivity index (χ0) is 25.2. The number of anilines is 1. The molecule has 0 bridgehead atoms. The van der Waals surface area contributed by atoms with E-state index in [4.69, 9.17) is 20.8 Å². The van der Waals surface area contributed by atoms with Crippen LogP contribution in [0.15, 0.2) is 21.8 Å². The van der Waals surface area contributed by atoms with Crippen LogP contribution in [-0.4, -0.2) is 83.9 Å². The van der Waals surface area contributed by atoms with Crippen LogP contribution in [0, 0.1) is 0 Å². The predicted octanol–water partition coefficient (Wildman–Crippen LogP) is -0.477. The average molecular weight is 514 g/mol. The molecule has 2 aliphatic heterocycles. The van der Waals surface area contributed by atoms with Gasteiger partial charge in [-0.15, -0.1) is 23.1 Å². The largest absolute Gasteiger partial charge is 0.481 e. The van der Waals surface area contributed by atoms with Gasteiger partial charge in [-0.05, 0) is 12.0 Å². The SMILES string of the molecule is CCC1=C(C(=O)O)N2C(=O)[C@@H](NC(=O)/C(=N\O[C@@H](CC(=O)O)C(=O)O)c3csc(N)n3)[C@H]2SC1. The zero-order valence-electron chi connectivity index (χ0n) is 17.5. The second-order valence-corrected chi connectivity index (χ2v) is 9.01. The van der Waals surface area contributed by atoms with Crippen molar-refractivity contribution in [1.29, 1.82) is 0 Å². The Morgan fingerprint density at radius 3 is 2.59 bits per heavy atom. The van der Waals surface area contributed by atoms with Gasteiger partial charge < -0.3 is 31.2 Å². The molecule has 0 spiro atoms. The van der Waals surface area contributed by atoms with Gasteiger partial charge in [0.1, 0.15) is 22.8 Å². The lowest BCUT2D eigenvalue weighted by molar-refractivity contribution is -0.156. The van der Waals surface area contributed by atoms with Gasteiger partial charge in [-0.2, -0.15) is 0 Å². The molecule has 6 N–H and O–H groups in total. The molecule has 16 heteroatoms. The molecule has 0 radical (unpaired) electrons. The number of nitrogens with zero attached hydrogens (tertiary/aromatic N) is 3. The lowest BCUT2D eigenvalue weighted by Gasteiger charge is -2.49. The number of thioether (sulfide) groups is 1. The summed E-state index contributed by atoms with van der Waals surface area (Å²) in [6.07, 6.45) is -2.37. The average Bonchev–Trinajstić information content (AvgIpc) is 3.20. The number of carbonyl (C=O) groups excluding carboxylic acids is 2. The minimum Gasteiger partial charge on any atom is -0.481 e. The fraction of sp³-hybridized carbons (Fsp3) is 0.389. The van der Waals surface area contributed by atoms with E-state index >= 15 is 0 Å². The summed E-state index contributed by atoms with van der Waals surface area (Å²) in [5, 5.41) is 34.2. The second kappa shape index (κ2) is 10.1. The highest BCUT2D eigenvalue weighted by Crippen LogP contribution is 2.41. The Hall–Kier alpha value is -3.66. The third-order valence-corrected chi connectivity index (χ3v) is 6.86. The second-order valence-electron chi connectivity index (χ2n) is 7.01. The molecule has 0 aromatic carbocycles. The van der Waals surface area contributed by atoms with Crippen LogP contribution in [0.3, 0.4) is 0 Å². The Morgan fingerprint density at radius 1 is 1.35 bits per heavy atom. The molecule has 182 valence electrons. The zero-order valence-corrected chi connectivity index (χ0v) is 19.1. The third kappa shape index (κ3) is 4.96. The first-order valence-electron chi connectivity index (χ1n) is 9.65. The summed E-state index contributed by atoms with van der Waals surface area (Å²) in [6.45, 7) is 1.78. The Balaban J connectivity index is 1.83. The van der Waals surface area contributed by atoms with Crippen molar-refractivity contribution in [3.05, 3.63) is 22.3 Å². The Morgan fingerprint density at radius 2 is 2.06 bits per heavy atom. The van der Waals surface area contributed by atoms with Gasteiger partial charge in [0.05, 0.1) is 6.42 Å². The quantitative estimate of drug-likeness (QED) is 0.152. The number of nitrogen functional groups attached to an aromatic ring is 1. The standard InChI is InChI=1S/C18H19N5O9S2/c1-2-6-4-33-15-11(14(27)23(15)12(6)17(30)31)21-13(26)10(7-5-34-18(19)20-7)22-32-8(16(28)29)3-9(24)25/h5,8,11,15H,2-4H2,1H3,(H2,19,20)(H,21,26)(H,24,25)(H,28,29)(H,30,31)/b22-10-/t8-,11+,15+/m0/s1. The highest BCUT2D eigenvalue weighted by Gasteiger charge is 2.54. The van der Waals surface area contributed by atoms with Crippen LogP contribution < -0.4 is 11.1 Å². The van der Waals surface area contributed by atoms with E-state index in [1.165, 1.54) is 17.1 Å². The van der Waals surface area contributed by atoms with Crippen LogP contribution in [-0.2, 0) is 28.8 Å². The van der Waals surface area contributed by atoms with E-state index in [1.807, 2.05) is 0 Å². The smallest absolute Gasteiger partial charge is 0.352 e. The summed E-state index contributed by atoms with van der Waals surface area (Å²) in [4.78, 5) is 69.2. The molecule has 3 heterocycles. The number of hydrogen-bond donors (Lipinski definition) is 5. The number of fused-ring (bicyclic) bond motifs is 1. The van der Waals surface area contributed by atoms with E-state index in [-0.39, 0.29) is 16.5 Å². The first-order chi connectivity index (χ1) is 16.0. The summed E-state index contributed by atoms with van der Waals surface area (Å²) in [5.74, 6) is -5.57. The maximum atomic E-state index is 12.9. The minimum atomic E-state index is -1.89. The normalized spacial score (nSPS) is 20.8. The third-order valence-electron chi connectivity index (χ3n) is 4.85. The van der Waals surface area contributed by atoms with Crippen molar-refractivity contribution in [3.8, 4) is 0 Å².